The Bertz CT molecular complexity index is 312. The molecule has 1 unspecified atom stereocenters. The van der Waals surface area contributed by atoms with Gasteiger partial charge in [0.25, 0.3) is 5.91 Å². The maximum Gasteiger partial charge on any atom is 0.259 e. The van der Waals surface area contributed by atoms with Crippen molar-refractivity contribution in [2.24, 2.45) is 5.73 Å². The molecular weight excluding hydrogens is 166 g/mol. The fraction of sp³-hybridized carbons (Fsp3) is 0.222. The molecule has 1 amide bonds. The second-order valence-electron chi connectivity index (χ2n) is 2.98. The average Bonchev–Trinajstić information content (AvgIpc) is 2.49. The number of nitrogens with one attached hydrogen (secondary N) is 1. The number of carbonyl (C=O) groups is 1. The van der Waals surface area contributed by atoms with Gasteiger partial charge in [0.05, 0.1) is 5.69 Å². The summed E-state index contributed by atoms with van der Waals surface area (Å²) >= 11 is 0. The summed E-state index contributed by atoms with van der Waals surface area (Å²) in [6.45, 7) is 0.508. The number of hydrogen-bond acceptors (Lipinski definition) is 3. The molecule has 1 aliphatic heterocycles. The topological polar surface area (TPSA) is 58.4 Å². The summed E-state index contributed by atoms with van der Waals surface area (Å²) < 4.78 is 0. The molecule has 13 heavy (non-hydrogen) atoms. The van der Waals surface area contributed by atoms with Gasteiger partial charge in [-0.15, -0.1) is 0 Å². The number of anilines is 1. The van der Waals surface area contributed by atoms with Gasteiger partial charge in [0.15, 0.2) is 0 Å². The number of nitrogens with zero attached hydrogens (tertiary/aromatic N) is 1. The van der Waals surface area contributed by atoms with Gasteiger partial charge in [0.2, 0.25) is 0 Å². The summed E-state index contributed by atoms with van der Waals surface area (Å²) in [5, 5.41) is 1.49. The monoisotopic (exact) mass is 177 g/mol. The summed E-state index contributed by atoms with van der Waals surface area (Å²) in [6.07, 6.45) is 0. The minimum absolute atomic E-state index is 0.0776. The number of hydrogen-bond donors (Lipinski definition) is 2. The number of nitrogens with two attached hydrogens (primary N) is 1. The third kappa shape index (κ3) is 1.41. The lowest BCUT2D eigenvalue weighted by molar-refractivity contribution is -0.118. The first kappa shape index (κ1) is 8.22. The van der Waals surface area contributed by atoms with Crippen LogP contribution in [0.3, 0.4) is 0 Å². The Morgan fingerprint density at radius 3 is 2.62 bits per heavy atom. The van der Waals surface area contributed by atoms with Crippen LogP contribution in [0.15, 0.2) is 30.3 Å². The predicted octanol–water partition coefficient (Wildman–Crippen LogP) is -0.135. The molecule has 4 heteroatoms. The Kier molecular flexibility index (Phi) is 2.00. The smallest absolute Gasteiger partial charge is 0.259 e. The van der Waals surface area contributed by atoms with Gasteiger partial charge >= 0.3 is 0 Å². The first-order valence-corrected chi connectivity index (χ1v) is 4.17. The van der Waals surface area contributed by atoms with Gasteiger partial charge in [0.1, 0.15) is 6.04 Å². The third-order valence-electron chi connectivity index (χ3n) is 2.02. The molecule has 0 spiro atoms. The molecule has 2 rings (SSSR count). The van der Waals surface area contributed by atoms with E-state index < -0.39 is 6.04 Å². The van der Waals surface area contributed by atoms with Gasteiger partial charge in [-0.3, -0.25) is 4.79 Å². The van der Waals surface area contributed by atoms with Crippen LogP contribution in [0, 0.1) is 0 Å². The highest BCUT2D eigenvalue weighted by atomic mass is 16.2. The van der Waals surface area contributed by atoms with Crippen LogP contribution < -0.4 is 16.2 Å². The van der Waals surface area contributed by atoms with Crippen molar-refractivity contribution in [1.82, 2.24) is 5.43 Å². The molecule has 1 fully saturated rings. The molecule has 1 aromatic rings. The second-order valence-corrected chi connectivity index (χ2v) is 2.98. The summed E-state index contributed by atoms with van der Waals surface area (Å²) in [7, 11) is 0. The number of rotatable bonds is 1. The van der Waals surface area contributed by atoms with Crippen molar-refractivity contribution >= 4 is 11.6 Å². The maximum atomic E-state index is 11.4. The first-order valence-electron chi connectivity index (χ1n) is 4.17. The average molecular weight is 177 g/mol. The van der Waals surface area contributed by atoms with Gasteiger partial charge in [-0.2, -0.15) is 0 Å². The Morgan fingerprint density at radius 2 is 2.08 bits per heavy atom. The normalized spacial score (nSPS) is 22.4. The number of amides is 1. The van der Waals surface area contributed by atoms with Crippen LogP contribution in [0.2, 0.25) is 0 Å². The van der Waals surface area contributed by atoms with Gasteiger partial charge < -0.3 is 5.73 Å². The van der Waals surface area contributed by atoms with Gasteiger partial charge in [-0.1, -0.05) is 18.2 Å². The zero-order chi connectivity index (χ0) is 9.26. The van der Waals surface area contributed by atoms with E-state index in [0.717, 1.165) is 5.69 Å². The summed E-state index contributed by atoms with van der Waals surface area (Å²) in [5.74, 6) is -0.0776. The van der Waals surface area contributed by atoms with Crippen LogP contribution in [0.4, 0.5) is 5.69 Å². The predicted molar refractivity (Wildman–Crippen MR) is 49.9 cm³/mol. The lowest BCUT2D eigenvalue weighted by Crippen LogP contribution is -2.36. The molecule has 1 atom stereocenters. The van der Waals surface area contributed by atoms with E-state index in [1.54, 1.807) is 0 Å². The standard InChI is InChI=1S/C9H11N3O/c10-8-6-11-12(9(8)13)7-4-2-1-3-5-7/h1-5,8,11H,6,10H2. The van der Waals surface area contributed by atoms with Gasteiger partial charge in [0, 0.05) is 6.54 Å². The quantitative estimate of drug-likeness (QED) is 0.628. The van der Waals surface area contributed by atoms with Crippen molar-refractivity contribution in [1.29, 1.82) is 0 Å². The molecule has 68 valence electrons. The van der Waals surface area contributed by atoms with E-state index in [2.05, 4.69) is 5.43 Å². The molecule has 0 bridgehead atoms. The highest BCUT2D eigenvalue weighted by molar-refractivity contribution is 5.98. The van der Waals surface area contributed by atoms with Crippen LogP contribution in [0.1, 0.15) is 0 Å². The van der Waals surface area contributed by atoms with Crippen LogP contribution in [-0.4, -0.2) is 18.5 Å². The SMILES string of the molecule is NC1CNN(c2ccccc2)C1=O. The summed E-state index contributed by atoms with van der Waals surface area (Å²) in [4.78, 5) is 11.4. The van der Waals surface area contributed by atoms with Crippen molar-refractivity contribution < 1.29 is 4.79 Å². The van der Waals surface area contributed by atoms with E-state index >= 15 is 0 Å². The molecule has 1 heterocycles. The Balaban J connectivity index is 2.24. The Morgan fingerprint density at radius 1 is 1.38 bits per heavy atom. The first-order chi connectivity index (χ1) is 6.29. The third-order valence-corrected chi connectivity index (χ3v) is 2.02. The zero-order valence-electron chi connectivity index (χ0n) is 7.10. The number of para-hydroxylation sites is 1. The molecule has 0 saturated carbocycles. The van der Waals surface area contributed by atoms with E-state index in [9.17, 15) is 4.79 Å². The van der Waals surface area contributed by atoms with E-state index in [0.29, 0.717) is 6.54 Å². The van der Waals surface area contributed by atoms with Gasteiger partial charge in [-0.25, -0.2) is 10.4 Å². The highest BCUT2D eigenvalue weighted by Gasteiger charge is 2.28. The van der Waals surface area contributed by atoms with E-state index in [1.165, 1.54) is 5.01 Å². The van der Waals surface area contributed by atoms with Crippen LogP contribution in [0.25, 0.3) is 0 Å². The molecule has 0 aromatic heterocycles. The van der Waals surface area contributed by atoms with E-state index in [4.69, 9.17) is 5.73 Å². The van der Waals surface area contributed by atoms with Crippen molar-refractivity contribution in [3.63, 3.8) is 0 Å². The number of benzene rings is 1. The zero-order valence-corrected chi connectivity index (χ0v) is 7.10. The summed E-state index contributed by atoms with van der Waals surface area (Å²) in [6, 6.07) is 8.98. The number of carbonyl (C=O) groups excluding carboxylic acids is 1. The highest BCUT2D eigenvalue weighted by Crippen LogP contribution is 2.14. The van der Waals surface area contributed by atoms with Crippen LogP contribution >= 0.6 is 0 Å². The minimum Gasteiger partial charge on any atom is -0.319 e. The molecule has 3 N–H and O–H groups in total. The van der Waals surface area contributed by atoms with Crippen molar-refractivity contribution in [2.75, 3.05) is 11.6 Å². The van der Waals surface area contributed by atoms with Gasteiger partial charge in [-0.05, 0) is 12.1 Å². The fourth-order valence-corrected chi connectivity index (χ4v) is 1.32. The van der Waals surface area contributed by atoms with E-state index in [-0.39, 0.29) is 5.91 Å². The lowest BCUT2D eigenvalue weighted by atomic mass is 10.3. The minimum atomic E-state index is -0.416. The molecule has 0 aliphatic carbocycles. The van der Waals surface area contributed by atoms with Crippen LogP contribution in [0.5, 0.6) is 0 Å². The largest absolute Gasteiger partial charge is 0.319 e. The molecule has 1 saturated heterocycles. The van der Waals surface area contributed by atoms with Crippen molar-refractivity contribution in [2.45, 2.75) is 6.04 Å². The molecule has 1 aliphatic rings. The number of hydrazine groups is 1. The lowest BCUT2D eigenvalue weighted by Gasteiger charge is -2.15. The molecular formula is C9H11N3O. The Hall–Kier alpha value is -1.39. The molecule has 0 radical (unpaired) electrons. The maximum absolute atomic E-state index is 11.4. The molecule has 1 aromatic carbocycles. The second kappa shape index (κ2) is 3.16. The van der Waals surface area contributed by atoms with Crippen LogP contribution in [-0.2, 0) is 4.79 Å². The summed E-state index contributed by atoms with van der Waals surface area (Å²) in [5.41, 5.74) is 9.32. The van der Waals surface area contributed by atoms with Crippen molar-refractivity contribution in [3.05, 3.63) is 30.3 Å². The van der Waals surface area contributed by atoms with Crippen molar-refractivity contribution in [3.8, 4) is 0 Å². The molecule has 4 nitrogen and oxygen atoms in total. The Labute approximate surface area is 76.3 Å². The fourth-order valence-electron chi connectivity index (χ4n) is 1.32. The van der Waals surface area contributed by atoms with E-state index in [1.807, 2.05) is 30.3 Å².